The first-order chi connectivity index (χ1) is 11.1. The maximum Gasteiger partial charge on any atom is 0.288 e. The standard InChI is InChI=1S/C14H16F2N4OS2/c1-2-3-11-18-14(20-19-11)22-8-12(21)17-9-4-6-10(7-5-9)23-13(15)16/h4-7,13H,2-3,8H2,1H3,(H,17,21)(H,18,19,20). The molecular formula is C14H16F2N4OS2. The summed E-state index contributed by atoms with van der Waals surface area (Å²) in [7, 11) is 0. The second-order valence-corrected chi connectivity index (χ2v) is 6.56. The van der Waals surface area contributed by atoms with Gasteiger partial charge < -0.3 is 5.32 Å². The zero-order valence-corrected chi connectivity index (χ0v) is 14.0. The van der Waals surface area contributed by atoms with Crippen molar-refractivity contribution in [3.63, 3.8) is 0 Å². The molecule has 9 heteroatoms. The number of H-pyrrole nitrogens is 1. The van der Waals surface area contributed by atoms with Gasteiger partial charge in [-0.25, -0.2) is 4.98 Å². The average molecular weight is 358 g/mol. The lowest BCUT2D eigenvalue weighted by molar-refractivity contribution is -0.113. The van der Waals surface area contributed by atoms with Crippen LogP contribution in [0.1, 0.15) is 19.2 Å². The van der Waals surface area contributed by atoms with Crippen molar-refractivity contribution in [2.45, 2.75) is 35.6 Å². The molecule has 5 nitrogen and oxygen atoms in total. The van der Waals surface area contributed by atoms with E-state index in [0.29, 0.717) is 27.5 Å². The number of nitrogens with one attached hydrogen (secondary N) is 2. The van der Waals surface area contributed by atoms with Crippen LogP contribution in [-0.4, -0.2) is 32.6 Å². The van der Waals surface area contributed by atoms with Crippen LogP contribution in [0, 0.1) is 0 Å². The van der Waals surface area contributed by atoms with Gasteiger partial charge in [0, 0.05) is 17.0 Å². The lowest BCUT2D eigenvalue weighted by atomic mass is 10.3. The lowest BCUT2D eigenvalue weighted by Crippen LogP contribution is -2.14. The summed E-state index contributed by atoms with van der Waals surface area (Å²) in [5.74, 6) is -1.67. The zero-order chi connectivity index (χ0) is 16.7. The molecule has 0 unspecified atom stereocenters. The number of nitrogens with zero attached hydrogens (tertiary/aromatic N) is 2. The van der Waals surface area contributed by atoms with Crippen molar-refractivity contribution in [3.05, 3.63) is 30.1 Å². The summed E-state index contributed by atoms with van der Waals surface area (Å²) in [6.45, 7) is 2.05. The van der Waals surface area contributed by atoms with Gasteiger partial charge in [0.2, 0.25) is 11.1 Å². The van der Waals surface area contributed by atoms with E-state index < -0.39 is 5.76 Å². The molecular weight excluding hydrogens is 342 g/mol. The van der Waals surface area contributed by atoms with Crippen molar-refractivity contribution in [1.82, 2.24) is 15.2 Å². The summed E-state index contributed by atoms with van der Waals surface area (Å²) < 4.78 is 24.4. The topological polar surface area (TPSA) is 70.7 Å². The highest BCUT2D eigenvalue weighted by molar-refractivity contribution is 8.00. The van der Waals surface area contributed by atoms with Crippen LogP contribution in [0.4, 0.5) is 14.5 Å². The maximum atomic E-state index is 12.2. The summed E-state index contributed by atoms with van der Waals surface area (Å²) in [4.78, 5) is 16.6. The second kappa shape index (κ2) is 8.88. The van der Waals surface area contributed by atoms with Gasteiger partial charge in [-0.05, 0) is 30.7 Å². The van der Waals surface area contributed by atoms with Gasteiger partial charge in [0.15, 0.2) is 0 Å². The number of hydrogen-bond donors (Lipinski definition) is 2. The first-order valence-electron chi connectivity index (χ1n) is 6.95. The molecule has 23 heavy (non-hydrogen) atoms. The predicted molar refractivity (Wildman–Crippen MR) is 88.0 cm³/mol. The summed E-state index contributed by atoms with van der Waals surface area (Å²) in [6, 6.07) is 6.29. The minimum atomic E-state index is -2.45. The first-order valence-corrected chi connectivity index (χ1v) is 8.82. The number of carbonyl (C=O) groups is 1. The highest BCUT2D eigenvalue weighted by atomic mass is 32.2. The van der Waals surface area contributed by atoms with Crippen LogP contribution in [-0.2, 0) is 11.2 Å². The average Bonchev–Trinajstić information content (AvgIpc) is 2.95. The van der Waals surface area contributed by atoms with E-state index in [0.717, 1.165) is 18.7 Å². The molecule has 0 saturated carbocycles. The Morgan fingerprint density at radius 3 is 2.74 bits per heavy atom. The monoisotopic (exact) mass is 358 g/mol. The maximum absolute atomic E-state index is 12.2. The molecule has 0 aliphatic rings. The van der Waals surface area contributed by atoms with Gasteiger partial charge in [-0.2, -0.15) is 8.78 Å². The van der Waals surface area contributed by atoms with Crippen LogP contribution in [0.2, 0.25) is 0 Å². The summed E-state index contributed by atoms with van der Waals surface area (Å²) in [6.07, 6.45) is 1.79. The van der Waals surface area contributed by atoms with Crippen LogP contribution in [0.5, 0.6) is 0 Å². The molecule has 2 aromatic rings. The number of thioether (sulfide) groups is 2. The Hall–Kier alpha value is -1.61. The number of halogens is 2. The van der Waals surface area contributed by atoms with Gasteiger partial charge in [-0.3, -0.25) is 9.89 Å². The van der Waals surface area contributed by atoms with Gasteiger partial charge >= 0.3 is 0 Å². The highest BCUT2D eigenvalue weighted by Gasteiger charge is 2.09. The quantitative estimate of drug-likeness (QED) is 0.702. The van der Waals surface area contributed by atoms with E-state index in [4.69, 9.17) is 0 Å². The number of aromatic nitrogens is 3. The van der Waals surface area contributed by atoms with Crippen LogP contribution in [0.25, 0.3) is 0 Å². The molecule has 1 aromatic carbocycles. The SMILES string of the molecule is CCCc1nc(SCC(=O)Nc2ccc(SC(F)F)cc2)n[nH]1. The smallest absolute Gasteiger partial charge is 0.288 e. The van der Waals surface area contributed by atoms with Gasteiger partial charge in [0.25, 0.3) is 5.76 Å². The fourth-order valence-corrected chi connectivity index (χ4v) is 2.85. The van der Waals surface area contributed by atoms with E-state index in [9.17, 15) is 13.6 Å². The Labute approximate surface area is 141 Å². The minimum absolute atomic E-state index is 0.178. The fraction of sp³-hybridized carbons (Fsp3) is 0.357. The summed E-state index contributed by atoms with van der Waals surface area (Å²) >= 11 is 1.71. The molecule has 124 valence electrons. The highest BCUT2D eigenvalue weighted by Crippen LogP contribution is 2.26. The molecule has 0 bridgehead atoms. The molecule has 0 aliphatic heterocycles. The van der Waals surface area contributed by atoms with Gasteiger partial charge in [-0.1, -0.05) is 30.4 Å². The van der Waals surface area contributed by atoms with Gasteiger partial charge in [0.05, 0.1) is 5.75 Å². The first kappa shape index (κ1) is 17.7. The molecule has 0 atom stereocenters. The Bertz CT molecular complexity index is 634. The van der Waals surface area contributed by atoms with E-state index in [1.165, 1.54) is 11.8 Å². The van der Waals surface area contributed by atoms with Crippen LogP contribution >= 0.6 is 23.5 Å². The van der Waals surface area contributed by atoms with E-state index in [2.05, 4.69) is 20.5 Å². The molecule has 2 rings (SSSR count). The Balaban J connectivity index is 1.79. The molecule has 0 aliphatic carbocycles. The number of anilines is 1. The second-order valence-electron chi connectivity index (χ2n) is 4.55. The van der Waals surface area contributed by atoms with Gasteiger partial charge in [-0.15, -0.1) is 5.10 Å². The number of aromatic amines is 1. The minimum Gasteiger partial charge on any atom is -0.325 e. The Morgan fingerprint density at radius 2 is 2.09 bits per heavy atom. The lowest BCUT2D eigenvalue weighted by Gasteiger charge is -2.05. The van der Waals surface area contributed by atoms with Crippen LogP contribution in [0.3, 0.4) is 0 Å². The number of hydrogen-bond acceptors (Lipinski definition) is 5. The summed E-state index contributed by atoms with van der Waals surface area (Å²) in [5, 5.41) is 10.1. The molecule has 0 fully saturated rings. The van der Waals surface area contributed by atoms with E-state index >= 15 is 0 Å². The van der Waals surface area contributed by atoms with Crippen molar-refractivity contribution in [2.75, 3.05) is 11.1 Å². The Morgan fingerprint density at radius 1 is 1.35 bits per heavy atom. The van der Waals surface area contributed by atoms with Crippen molar-refractivity contribution in [1.29, 1.82) is 0 Å². The van der Waals surface area contributed by atoms with Crippen molar-refractivity contribution < 1.29 is 13.6 Å². The number of benzene rings is 1. The number of aryl methyl sites for hydroxylation is 1. The van der Waals surface area contributed by atoms with E-state index in [-0.39, 0.29) is 11.7 Å². The van der Waals surface area contributed by atoms with Crippen LogP contribution in [0.15, 0.2) is 34.3 Å². The normalized spacial score (nSPS) is 11.0. The molecule has 1 amide bonds. The third-order valence-corrected chi connectivity index (χ3v) is 4.26. The number of amides is 1. The third kappa shape index (κ3) is 6.19. The van der Waals surface area contributed by atoms with Crippen LogP contribution < -0.4 is 5.32 Å². The number of alkyl halides is 2. The molecule has 0 saturated heterocycles. The summed E-state index contributed by atoms with van der Waals surface area (Å²) in [5.41, 5.74) is 0.566. The number of carbonyl (C=O) groups excluding carboxylic acids is 1. The molecule has 2 N–H and O–H groups in total. The largest absolute Gasteiger partial charge is 0.325 e. The zero-order valence-electron chi connectivity index (χ0n) is 12.4. The third-order valence-electron chi connectivity index (χ3n) is 2.69. The Kier molecular flexibility index (Phi) is 6.85. The molecule has 0 radical (unpaired) electrons. The molecule has 1 heterocycles. The van der Waals surface area contributed by atoms with Crippen molar-refractivity contribution >= 4 is 35.1 Å². The van der Waals surface area contributed by atoms with E-state index in [1.54, 1.807) is 24.3 Å². The fourth-order valence-electron chi connectivity index (χ4n) is 1.74. The van der Waals surface area contributed by atoms with E-state index in [1.807, 2.05) is 6.92 Å². The molecule has 1 aromatic heterocycles. The predicted octanol–water partition coefficient (Wildman–Crippen LogP) is 3.80. The van der Waals surface area contributed by atoms with Crippen molar-refractivity contribution in [3.8, 4) is 0 Å². The van der Waals surface area contributed by atoms with Crippen molar-refractivity contribution in [2.24, 2.45) is 0 Å². The number of rotatable bonds is 8. The molecule has 0 spiro atoms. The van der Waals surface area contributed by atoms with Gasteiger partial charge in [0.1, 0.15) is 5.82 Å².